The highest BCUT2D eigenvalue weighted by Crippen LogP contribution is 2.39. The van der Waals surface area contributed by atoms with Crippen LogP contribution in [0.2, 0.25) is 0 Å². The molecular formula is C18H27N9. The van der Waals surface area contributed by atoms with Crippen LogP contribution in [0.4, 0.5) is 0 Å². The van der Waals surface area contributed by atoms with Gasteiger partial charge in [0.2, 0.25) is 17.9 Å². The predicted molar refractivity (Wildman–Crippen MR) is 102 cm³/mol. The molecule has 144 valence electrons. The molecular weight excluding hydrogens is 342 g/mol. The molecule has 0 aliphatic carbocycles. The average molecular weight is 369 g/mol. The van der Waals surface area contributed by atoms with Gasteiger partial charge in [-0.2, -0.15) is 0 Å². The molecule has 7 rings (SSSR count). The lowest BCUT2D eigenvalue weighted by molar-refractivity contribution is 0.211. The number of hydrogen-bond acceptors (Lipinski definition) is 9. The van der Waals surface area contributed by atoms with Crippen LogP contribution in [0.1, 0.15) is 38.5 Å². The van der Waals surface area contributed by atoms with Crippen molar-refractivity contribution in [2.45, 2.75) is 75.1 Å². The first-order chi connectivity index (χ1) is 13.4. The number of guanidine groups is 3. The number of nitrogens with zero attached hydrogens (tertiary/aromatic N) is 6. The van der Waals surface area contributed by atoms with Crippen molar-refractivity contribution in [1.29, 1.82) is 0 Å². The Kier molecular flexibility index (Phi) is 3.06. The molecule has 4 saturated heterocycles. The molecule has 0 spiro atoms. The SMILES string of the molecule is C1CNC2C(C1)N=C1N3C(=NC4NCCCC43)N3C(=NC4NCCCC43)N12. The molecule has 27 heavy (non-hydrogen) atoms. The average Bonchev–Trinajstić information content (AvgIpc) is 3.38. The summed E-state index contributed by atoms with van der Waals surface area (Å²) in [5.74, 6) is 3.24. The highest BCUT2D eigenvalue weighted by molar-refractivity contribution is 6.19. The van der Waals surface area contributed by atoms with Crippen molar-refractivity contribution in [3.05, 3.63) is 0 Å². The first-order valence-electron chi connectivity index (χ1n) is 10.7. The van der Waals surface area contributed by atoms with E-state index in [4.69, 9.17) is 15.0 Å². The van der Waals surface area contributed by atoms with E-state index in [0.717, 1.165) is 43.9 Å². The third kappa shape index (κ3) is 1.92. The molecule has 0 radical (unpaired) electrons. The van der Waals surface area contributed by atoms with E-state index in [1.165, 1.54) is 32.1 Å². The summed E-state index contributed by atoms with van der Waals surface area (Å²) in [6.45, 7) is 3.18. The lowest BCUT2D eigenvalue weighted by atomic mass is 10.0. The highest BCUT2D eigenvalue weighted by Gasteiger charge is 2.58. The van der Waals surface area contributed by atoms with Gasteiger partial charge in [0.1, 0.15) is 18.5 Å². The maximum atomic E-state index is 5.21. The number of aliphatic imine (C=N–C) groups is 3. The van der Waals surface area contributed by atoms with Gasteiger partial charge >= 0.3 is 0 Å². The zero-order valence-corrected chi connectivity index (χ0v) is 15.5. The molecule has 7 aliphatic heterocycles. The second-order valence-electron chi connectivity index (χ2n) is 8.72. The van der Waals surface area contributed by atoms with Crippen molar-refractivity contribution in [3.8, 4) is 0 Å². The molecule has 9 nitrogen and oxygen atoms in total. The van der Waals surface area contributed by atoms with E-state index in [1.54, 1.807) is 0 Å². The zero-order valence-electron chi connectivity index (χ0n) is 15.5. The Hall–Kier alpha value is -1.71. The van der Waals surface area contributed by atoms with Crippen LogP contribution in [-0.4, -0.2) is 88.8 Å². The highest BCUT2D eigenvalue weighted by atomic mass is 15.7. The van der Waals surface area contributed by atoms with Gasteiger partial charge in [-0.1, -0.05) is 0 Å². The van der Waals surface area contributed by atoms with Crippen LogP contribution < -0.4 is 16.0 Å². The number of nitrogens with one attached hydrogen (secondary N) is 3. The first-order valence-corrected chi connectivity index (χ1v) is 10.7. The minimum Gasteiger partial charge on any atom is -0.295 e. The minimum atomic E-state index is 0.177. The maximum Gasteiger partial charge on any atom is 0.213 e. The molecule has 3 N–H and O–H groups in total. The van der Waals surface area contributed by atoms with E-state index in [9.17, 15) is 0 Å². The standard InChI is InChI=1S/C18H27N9/c1-4-10-15(21-9-1)27-16(22-10)25-11-5-2-7-19-13(11)23-17(25)26-12-6-3-8-20-14(12)24-18(26)27/h10-15,19-21H,1-9H2. The van der Waals surface area contributed by atoms with E-state index in [-0.39, 0.29) is 18.5 Å². The Bertz CT molecular complexity index is 642. The first kappa shape index (κ1) is 15.2. The van der Waals surface area contributed by atoms with Gasteiger partial charge in [0.05, 0.1) is 18.1 Å². The van der Waals surface area contributed by atoms with Crippen molar-refractivity contribution >= 4 is 17.9 Å². The van der Waals surface area contributed by atoms with Gasteiger partial charge < -0.3 is 0 Å². The van der Waals surface area contributed by atoms with Gasteiger partial charge in [-0.05, 0) is 58.2 Å². The quantitative estimate of drug-likeness (QED) is 0.521. The summed E-state index contributed by atoms with van der Waals surface area (Å²) in [6.07, 6.45) is 7.70. The monoisotopic (exact) mass is 369 g/mol. The summed E-state index contributed by atoms with van der Waals surface area (Å²) in [6, 6.07) is 1.08. The van der Waals surface area contributed by atoms with Crippen molar-refractivity contribution < 1.29 is 0 Å². The molecule has 0 bridgehead atoms. The Morgan fingerprint density at radius 1 is 0.630 bits per heavy atom. The molecule has 6 atom stereocenters. The van der Waals surface area contributed by atoms with Crippen LogP contribution in [0, 0.1) is 0 Å². The van der Waals surface area contributed by atoms with Crippen molar-refractivity contribution in [3.63, 3.8) is 0 Å². The van der Waals surface area contributed by atoms with Crippen LogP contribution >= 0.6 is 0 Å². The summed E-state index contributed by atoms with van der Waals surface area (Å²) in [7, 11) is 0. The zero-order chi connectivity index (χ0) is 17.5. The smallest absolute Gasteiger partial charge is 0.213 e. The minimum absolute atomic E-state index is 0.177. The molecule has 0 aromatic rings. The molecule has 0 aromatic carbocycles. The van der Waals surface area contributed by atoms with Crippen molar-refractivity contribution in [2.24, 2.45) is 15.0 Å². The number of fused-ring (bicyclic) bond motifs is 12. The molecule has 6 unspecified atom stereocenters. The van der Waals surface area contributed by atoms with Gasteiger partial charge in [0.15, 0.2) is 0 Å². The van der Waals surface area contributed by atoms with Crippen LogP contribution in [0.3, 0.4) is 0 Å². The molecule has 7 aliphatic rings. The molecule has 0 saturated carbocycles. The van der Waals surface area contributed by atoms with Crippen LogP contribution in [0.15, 0.2) is 15.0 Å². The van der Waals surface area contributed by atoms with Gasteiger partial charge in [0.25, 0.3) is 0 Å². The predicted octanol–water partition coefficient (Wildman–Crippen LogP) is -0.751. The Morgan fingerprint density at radius 2 is 1.19 bits per heavy atom. The van der Waals surface area contributed by atoms with Crippen LogP contribution in [0.25, 0.3) is 0 Å². The van der Waals surface area contributed by atoms with E-state index in [1.807, 2.05) is 0 Å². The summed E-state index contributed by atoms with van der Waals surface area (Å²) in [4.78, 5) is 22.8. The van der Waals surface area contributed by atoms with E-state index in [2.05, 4.69) is 30.7 Å². The molecule has 4 fully saturated rings. The third-order valence-corrected chi connectivity index (χ3v) is 7.21. The van der Waals surface area contributed by atoms with Gasteiger partial charge in [-0.25, -0.2) is 15.0 Å². The summed E-state index contributed by atoms with van der Waals surface area (Å²) in [5, 5.41) is 11.0. The second-order valence-corrected chi connectivity index (χ2v) is 8.72. The number of rotatable bonds is 0. The van der Waals surface area contributed by atoms with Gasteiger partial charge in [-0.3, -0.25) is 30.7 Å². The third-order valence-electron chi connectivity index (χ3n) is 7.21. The normalized spacial score (nSPS) is 44.4. The van der Waals surface area contributed by atoms with E-state index >= 15 is 0 Å². The van der Waals surface area contributed by atoms with Gasteiger partial charge in [0, 0.05) is 0 Å². The summed E-state index contributed by atoms with van der Waals surface area (Å²) >= 11 is 0. The lowest BCUT2D eigenvalue weighted by Gasteiger charge is -2.47. The number of piperidine rings is 3. The molecule has 7 heterocycles. The van der Waals surface area contributed by atoms with Crippen LogP contribution in [0.5, 0.6) is 0 Å². The van der Waals surface area contributed by atoms with Crippen molar-refractivity contribution in [2.75, 3.05) is 19.6 Å². The fraction of sp³-hybridized carbons (Fsp3) is 0.833. The summed E-state index contributed by atoms with van der Waals surface area (Å²) < 4.78 is 0. The second kappa shape index (κ2) is 5.42. The Morgan fingerprint density at radius 3 is 1.89 bits per heavy atom. The number of hydrogen-bond donors (Lipinski definition) is 3. The van der Waals surface area contributed by atoms with Gasteiger partial charge in [-0.15, -0.1) is 0 Å². The maximum absolute atomic E-state index is 5.21. The molecule has 9 heteroatoms. The fourth-order valence-electron chi connectivity index (χ4n) is 6.00. The topological polar surface area (TPSA) is 82.9 Å². The van der Waals surface area contributed by atoms with Crippen molar-refractivity contribution in [1.82, 2.24) is 30.7 Å². The summed E-state index contributed by atoms with van der Waals surface area (Å²) in [5.41, 5.74) is 0. The van der Waals surface area contributed by atoms with E-state index in [0.29, 0.717) is 18.1 Å². The Balaban J connectivity index is 1.37. The fourth-order valence-corrected chi connectivity index (χ4v) is 6.00. The molecule has 0 amide bonds. The Labute approximate surface area is 159 Å². The molecule has 0 aromatic heterocycles. The largest absolute Gasteiger partial charge is 0.295 e. The van der Waals surface area contributed by atoms with E-state index < -0.39 is 0 Å². The van der Waals surface area contributed by atoms with Crippen LogP contribution in [-0.2, 0) is 0 Å². The lowest BCUT2D eigenvalue weighted by Crippen LogP contribution is -2.70.